The van der Waals surface area contributed by atoms with Gasteiger partial charge in [-0.05, 0) is 26.3 Å². The molecule has 0 spiro atoms. The number of ether oxygens (including phenoxy) is 2. The molecule has 5 nitrogen and oxygen atoms in total. The Hall–Kier alpha value is -2.17. The van der Waals surface area contributed by atoms with E-state index in [2.05, 4.69) is 12.0 Å². The van der Waals surface area contributed by atoms with Crippen molar-refractivity contribution in [3.8, 4) is 17.2 Å². The number of fused-ring (bicyclic) bond motifs is 1. The van der Waals surface area contributed by atoms with Gasteiger partial charge in [0, 0.05) is 17.8 Å². The molecule has 1 aliphatic rings. The van der Waals surface area contributed by atoms with E-state index in [0.29, 0.717) is 24.7 Å². The van der Waals surface area contributed by atoms with Crippen LogP contribution in [-0.4, -0.2) is 23.0 Å². The minimum atomic E-state index is 0.560. The summed E-state index contributed by atoms with van der Waals surface area (Å²) in [5.74, 6) is 1.42. The first-order chi connectivity index (χ1) is 9.08. The number of aryl methyl sites for hydroxylation is 1. The van der Waals surface area contributed by atoms with Gasteiger partial charge in [0.05, 0.1) is 17.1 Å². The van der Waals surface area contributed by atoms with Crippen molar-refractivity contribution in [3.63, 3.8) is 0 Å². The molecule has 5 heteroatoms. The standard InChI is InChI=1S/C14H17N3O2/c1-8-9(2)16-17(10(8)3)12-7-14-13(6-11(12)15)18-4-5-19-14/h6-7H,4-5,15H2,1-3H3. The van der Waals surface area contributed by atoms with Gasteiger partial charge in [0.2, 0.25) is 0 Å². The molecule has 0 aliphatic carbocycles. The summed E-state index contributed by atoms with van der Waals surface area (Å²) in [6.45, 7) is 7.21. The number of hydrogen-bond acceptors (Lipinski definition) is 4. The molecular formula is C14H17N3O2. The van der Waals surface area contributed by atoms with Crippen molar-refractivity contribution in [2.24, 2.45) is 0 Å². The average molecular weight is 259 g/mol. The molecule has 100 valence electrons. The highest BCUT2D eigenvalue weighted by Crippen LogP contribution is 2.36. The summed E-state index contributed by atoms with van der Waals surface area (Å²) in [4.78, 5) is 0. The van der Waals surface area contributed by atoms with E-state index in [9.17, 15) is 0 Å². The maximum Gasteiger partial charge on any atom is 0.163 e. The summed E-state index contributed by atoms with van der Waals surface area (Å²) in [5, 5.41) is 4.53. The van der Waals surface area contributed by atoms with Crippen molar-refractivity contribution in [1.29, 1.82) is 0 Å². The van der Waals surface area contributed by atoms with Crippen LogP contribution >= 0.6 is 0 Å². The first kappa shape index (κ1) is 11.9. The third-order valence-corrected chi connectivity index (χ3v) is 3.57. The molecule has 0 amide bonds. The van der Waals surface area contributed by atoms with E-state index in [4.69, 9.17) is 15.2 Å². The fourth-order valence-electron chi connectivity index (χ4n) is 2.23. The third-order valence-electron chi connectivity index (χ3n) is 3.57. The Labute approximate surface area is 111 Å². The molecule has 1 aliphatic heterocycles. The predicted octanol–water partition coefficient (Wildman–Crippen LogP) is 2.15. The highest BCUT2D eigenvalue weighted by atomic mass is 16.6. The van der Waals surface area contributed by atoms with Crippen LogP contribution in [-0.2, 0) is 0 Å². The van der Waals surface area contributed by atoms with E-state index >= 15 is 0 Å². The number of aromatic nitrogens is 2. The fourth-order valence-corrected chi connectivity index (χ4v) is 2.23. The summed E-state index contributed by atoms with van der Waals surface area (Å²) >= 11 is 0. The number of nitrogens with two attached hydrogens (primary N) is 1. The highest BCUT2D eigenvalue weighted by Gasteiger charge is 2.18. The number of nitrogens with zero attached hydrogens (tertiary/aromatic N) is 2. The first-order valence-electron chi connectivity index (χ1n) is 6.30. The van der Waals surface area contributed by atoms with Gasteiger partial charge in [-0.15, -0.1) is 0 Å². The van der Waals surface area contributed by atoms with Crippen LogP contribution in [0.1, 0.15) is 17.0 Å². The van der Waals surface area contributed by atoms with Crippen LogP contribution in [0, 0.1) is 20.8 Å². The first-order valence-corrected chi connectivity index (χ1v) is 6.30. The monoisotopic (exact) mass is 259 g/mol. The van der Waals surface area contributed by atoms with E-state index in [1.807, 2.05) is 24.6 Å². The van der Waals surface area contributed by atoms with E-state index < -0.39 is 0 Å². The molecular weight excluding hydrogens is 242 g/mol. The summed E-state index contributed by atoms with van der Waals surface area (Å²) in [5.41, 5.74) is 10.8. The van der Waals surface area contributed by atoms with Crippen LogP contribution in [0.4, 0.5) is 5.69 Å². The Kier molecular flexibility index (Phi) is 2.62. The van der Waals surface area contributed by atoms with Gasteiger partial charge in [-0.2, -0.15) is 5.10 Å². The van der Waals surface area contributed by atoms with Gasteiger partial charge in [-0.25, -0.2) is 4.68 Å². The molecule has 0 saturated carbocycles. The lowest BCUT2D eigenvalue weighted by Gasteiger charge is -2.20. The Morgan fingerprint density at radius 1 is 1.11 bits per heavy atom. The maximum atomic E-state index is 6.11. The largest absolute Gasteiger partial charge is 0.486 e. The Balaban J connectivity index is 2.17. The lowest BCUT2D eigenvalue weighted by atomic mass is 10.2. The SMILES string of the molecule is Cc1nn(-c2cc3c(cc2N)OCCO3)c(C)c1C. The number of nitrogen functional groups attached to an aromatic ring is 1. The zero-order chi connectivity index (χ0) is 13.6. The Morgan fingerprint density at radius 2 is 1.74 bits per heavy atom. The summed E-state index contributed by atoms with van der Waals surface area (Å²) in [7, 11) is 0. The van der Waals surface area contributed by atoms with Gasteiger partial charge in [-0.1, -0.05) is 0 Å². The van der Waals surface area contributed by atoms with Crippen LogP contribution in [0.25, 0.3) is 5.69 Å². The quantitative estimate of drug-likeness (QED) is 0.797. The molecule has 0 atom stereocenters. The lowest BCUT2D eigenvalue weighted by molar-refractivity contribution is 0.171. The molecule has 2 heterocycles. The normalized spacial score (nSPS) is 13.6. The Morgan fingerprint density at radius 3 is 2.32 bits per heavy atom. The molecule has 0 bridgehead atoms. The van der Waals surface area contributed by atoms with Crippen molar-refractivity contribution < 1.29 is 9.47 Å². The molecule has 0 saturated heterocycles. The number of benzene rings is 1. The van der Waals surface area contributed by atoms with Crippen LogP contribution in [0.5, 0.6) is 11.5 Å². The van der Waals surface area contributed by atoms with E-state index in [0.717, 1.165) is 22.8 Å². The average Bonchev–Trinajstić information content (AvgIpc) is 2.66. The second-order valence-corrected chi connectivity index (χ2v) is 4.76. The Bertz CT molecular complexity index is 647. The predicted molar refractivity (Wildman–Crippen MR) is 73.2 cm³/mol. The van der Waals surface area contributed by atoms with Crippen molar-refractivity contribution in [3.05, 3.63) is 29.1 Å². The number of anilines is 1. The van der Waals surface area contributed by atoms with Gasteiger partial charge >= 0.3 is 0 Å². The molecule has 2 aromatic rings. The zero-order valence-corrected chi connectivity index (χ0v) is 11.4. The molecule has 1 aromatic carbocycles. The van der Waals surface area contributed by atoms with Gasteiger partial charge in [-0.3, -0.25) is 0 Å². The van der Waals surface area contributed by atoms with Crippen LogP contribution in [0.2, 0.25) is 0 Å². The van der Waals surface area contributed by atoms with E-state index in [1.54, 1.807) is 6.07 Å². The molecule has 1 aromatic heterocycles. The van der Waals surface area contributed by atoms with Crippen LogP contribution < -0.4 is 15.2 Å². The van der Waals surface area contributed by atoms with Gasteiger partial charge in [0.25, 0.3) is 0 Å². The van der Waals surface area contributed by atoms with E-state index in [1.165, 1.54) is 5.56 Å². The van der Waals surface area contributed by atoms with Crippen molar-refractivity contribution >= 4 is 5.69 Å². The van der Waals surface area contributed by atoms with E-state index in [-0.39, 0.29) is 0 Å². The second-order valence-electron chi connectivity index (χ2n) is 4.76. The molecule has 0 unspecified atom stereocenters. The summed E-state index contributed by atoms with van der Waals surface area (Å²) in [6.07, 6.45) is 0. The van der Waals surface area contributed by atoms with Gasteiger partial charge < -0.3 is 15.2 Å². The molecule has 2 N–H and O–H groups in total. The second kappa shape index (κ2) is 4.19. The smallest absolute Gasteiger partial charge is 0.163 e. The summed E-state index contributed by atoms with van der Waals surface area (Å²) < 4.78 is 13.0. The maximum absolute atomic E-state index is 6.11. The minimum Gasteiger partial charge on any atom is -0.486 e. The van der Waals surface area contributed by atoms with Crippen LogP contribution in [0.3, 0.4) is 0 Å². The van der Waals surface area contributed by atoms with Gasteiger partial charge in [0.15, 0.2) is 11.5 Å². The molecule has 0 fully saturated rings. The highest BCUT2D eigenvalue weighted by molar-refractivity contribution is 5.66. The minimum absolute atomic E-state index is 0.560. The zero-order valence-electron chi connectivity index (χ0n) is 11.4. The fraction of sp³-hybridized carbons (Fsp3) is 0.357. The number of rotatable bonds is 1. The van der Waals surface area contributed by atoms with Crippen molar-refractivity contribution in [2.75, 3.05) is 18.9 Å². The van der Waals surface area contributed by atoms with Gasteiger partial charge in [0.1, 0.15) is 13.2 Å². The summed E-state index contributed by atoms with van der Waals surface area (Å²) in [6, 6.07) is 3.69. The lowest BCUT2D eigenvalue weighted by Crippen LogP contribution is -2.16. The molecule has 19 heavy (non-hydrogen) atoms. The molecule has 0 radical (unpaired) electrons. The number of hydrogen-bond donors (Lipinski definition) is 1. The van der Waals surface area contributed by atoms with Crippen molar-refractivity contribution in [2.45, 2.75) is 20.8 Å². The van der Waals surface area contributed by atoms with Crippen LogP contribution in [0.15, 0.2) is 12.1 Å². The third kappa shape index (κ3) is 1.82. The molecule has 3 rings (SSSR count). The topological polar surface area (TPSA) is 62.3 Å². The van der Waals surface area contributed by atoms with Crippen molar-refractivity contribution in [1.82, 2.24) is 9.78 Å².